The van der Waals surface area contributed by atoms with E-state index in [1.54, 1.807) is 7.11 Å². The second-order valence-corrected chi connectivity index (χ2v) is 5.98. The molecular formula is C18H29N3O2. The average molecular weight is 319 g/mol. The molecule has 0 heterocycles. The number of rotatable bonds is 9. The summed E-state index contributed by atoms with van der Waals surface area (Å²) >= 11 is 0. The van der Waals surface area contributed by atoms with Crippen LogP contribution >= 0.6 is 0 Å². The van der Waals surface area contributed by atoms with Crippen LogP contribution in [0.1, 0.15) is 30.9 Å². The third-order valence-corrected chi connectivity index (χ3v) is 3.74. The number of hydrogen-bond acceptors (Lipinski definition) is 3. The van der Waals surface area contributed by atoms with Crippen LogP contribution in [0.4, 0.5) is 0 Å². The Labute approximate surface area is 139 Å². The standard InChI is InChI=1S/C18H29N3O2/c1-4-19-18(20-9-10-22-3)21-12-16-8-5-14(2)11-17(16)23-13-15-6-7-15/h5,8,11,15H,4,6-7,9-10,12-13H2,1-3H3,(H2,19,20,21). The fourth-order valence-corrected chi connectivity index (χ4v) is 2.20. The highest BCUT2D eigenvalue weighted by molar-refractivity contribution is 5.79. The van der Waals surface area contributed by atoms with Crippen molar-refractivity contribution in [2.45, 2.75) is 33.2 Å². The van der Waals surface area contributed by atoms with Gasteiger partial charge < -0.3 is 20.1 Å². The molecule has 1 saturated carbocycles. The minimum Gasteiger partial charge on any atom is -0.493 e. The molecule has 0 spiro atoms. The predicted molar refractivity (Wildman–Crippen MR) is 94.1 cm³/mol. The Morgan fingerprint density at radius 2 is 2.13 bits per heavy atom. The first kappa shape index (κ1) is 17.6. The molecule has 5 nitrogen and oxygen atoms in total. The van der Waals surface area contributed by atoms with Crippen LogP contribution in [0.5, 0.6) is 5.75 Å². The van der Waals surface area contributed by atoms with Crippen LogP contribution in [0.3, 0.4) is 0 Å². The number of nitrogens with zero attached hydrogens (tertiary/aromatic N) is 1. The number of ether oxygens (including phenoxy) is 2. The summed E-state index contributed by atoms with van der Waals surface area (Å²) in [6, 6.07) is 6.33. The highest BCUT2D eigenvalue weighted by Gasteiger charge is 2.22. The van der Waals surface area contributed by atoms with E-state index in [0.29, 0.717) is 13.2 Å². The van der Waals surface area contributed by atoms with Gasteiger partial charge in [-0.2, -0.15) is 0 Å². The molecule has 2 rings (SSSR count). The highest BCUT2D eigenvalue weighted by Crippen LogP contribution is 2.30. The van der Waals surface area contributed by atoms with Gasteiger partial charge in [0.1, 0.15) is 5.75 Å². The first-order valence-corrected chi connectivity index (χ1v) is 8.46. The van der Waals surface area contributed by atoms with Gasteiger partial charge in [0.25, 0.3) is 0 Å². The van der Waals surface area contributed by atoms with Gasteiger partial charge in [0, 0.05) is 25.8 Å². The monoisotopic (exact) mass is 319 g/mol. The Morgan fingerprint density at radius 3 is 2.83 bits per heavy atom. The van der Waals surface area contributed by atoms with E-state index >= 15 is 0 Å². The Morgan fingerprint density at radius 1 is 1.30 bits per heavy atom. The van der Waals surface area contributed by atoms with E-state index in [-0.39, 0.29) is 0 Å². The summed E-state index contributed by atoms with van der Waals surface area (Å²) < 4.78 is 11.1. The van der Waals surface area contributed by atoms with E-state index < -0.39 is 0 Å². The number of hydrogen-bond donors (Lipinski definition) is 2. The number of aliphatic imine (C=N–C) groups is 1. The molecule has 0 aromatic heterocycles. The lowest BCUT2D eigenvalue weighted by Crippen LogP contribution is -2.38. The van der Waals surface area contributed by atoms with Crippen molar-refractivity contribution >= 4 is 5.96 Å². The summed E-state index contributed by atoms with van der Waals surface area (Å²) in [6.45, 7) is 7.80. The molecule has 1 aromatic carbocycles. The van der Waals surface area contributed by atoms with E-state index in [1.807, 2.05) is 0 Å². The van der Waals surface area contributed by atoms with Crippen molar-refractivity contribution in [1.82, 2.24) is 10.6 Å². The van der Waals surface area contributed by atoms with E-state index in [9.17, 15) is 0 Å². The third-order valence-electron chi connectivity index (χ3n) is 3.74. The molecule has 0 radical (unpaired) electrons. The molecule has 1 aromatic rings. The molecule has 1 aliphatic carbocycles. The molecule has 0 atom stereocenters. The minimum atomic E-state index is 0.600. The van der Waals surface area contributed by atoms with E-state index in [1.165, 1.54) is 18.4 Å². The summed E-state index contributed by atoms with van der Waals surface area (Å²) in [5, 5.41) is 6.50. The molecule has 0 amide bonds. The van der Waals surface area contributed by atoms with Crippen molar-refractivity contribution in [3.63, 3.8) is 0 Å². The second kappa shape index (κ2) is 9.40. The molecule has 1 aliphatic rings. The van der Waals surface area contributed by atoms with Crippen LogP contribution in [0.25, 0.3) is 0 Å². The van der Waals surface area contributed by atoms with Crippen molar-refractivity contribution in [1.29, 1.82) is 0 Å². The normalized spacial score (nSPS) is 14.7. The molecular weight excluding hydrogens is 290 g/mol. The van der Waals surface area contributed by atoms with Gasteiger partial charge in [0.15, 0.2) is 5.96 Å². The second-order valence-electron chi connectivity index (χ2n) is 5.98. The molecule has 23 heavy (non-hydrogen) atoms. The van der Waals surface area contributed by atoms with E-state index in [2.05, 4.69) is 47.7 Å². The lowest BCUT2D eigenvalue weighted by molar-refractivity contribution is 0.203. The van der Waals surface area contributed by atoms with Crippen LogP contribution in [-0.2, 0) is 11.3 Å². The number of nitrogens with one attached hydrogen (secondary N) is 2. The quantitative estimate of drug-likeness (QED) is 0.417. The van der Waals surface area contributed by atoms with Crippen molar-refractivity contribution in [2.24, 2.45) is 10.9 Å². The van der Waals surface area contributed by atoms with Gasteiger partial charge in [-0.15, -0.1) is 0 Å². The van der Waals surface area contributed by atoms with Crippen molar-refractivity contribution in [3.05, 3.63) is 29.3 Å². The molecule has 0 saturated heterocycles. The molecule has 2 N–H and O–H groups in total. The number of aryl methyl sites for hydroxylation is 1. The Balaban J connectivity index is 1.98. The Kier molecular flexibility index (Phi) is 7.20. The van der Waals surface area contributed by atoms with Crippen molar-refractivity contribution in [2.75, 3.05) is 33.4 Å². The lowest BCUT2D eigenvalue weighted by atomic mass is 10.1. The van der Waals surface area contributed by atoms with Crippen LogP contribution in [0.15, 0.2) is 23.2 Å². The van der Waals surface area contributed by atoms with Crippen molar-refractivity contribution in [3.8, 4) is 5.75 Å². The molecule has 1 fully saturated rings. The first-order valence-electron chi connectivity index (χ1n) is 8.46. The maximum atomic E-state index is 6.00. The maximum Gasteiger partial charge on any atom is 0.191 e. The molecule has 0 aliphatic heterocycles. The zero-order valence-corrected chi connectivity index (χ0v) is 14.5. The summed E-state index contributed by atoms with van der Waals surface area (Å²) in [7, 11) is 1.70. The molecule has 5 heteroatoms. The minimum absolute atomic E-state index is 0.600. The van der Waals surface area contributed by atoms with Gasteiger partial charge in [-0.1, -0.05) is 12.1 Å². The van der Waals surface area contributed by atoms with Crippen LogP contribution < -0.4 is 15.4 Å². The SMILES string of the molecule is CCNC(=NCc1ccc(C)cc1OCC1CC1)NCCOC. The fraction of sp³-hybridized carbons (Fsp3) is 0.611. The van der Waals surface area contributed by atoms with Gasteiger partial charge >= 0.3 is 0 Å². The zero-order chi connectivity index (χ0) is 16.5. The zero-order valence-electron chi connectivity index (χ0n) is 14.5. The smallest absolute Gasteiger partial charge is 0.191 e. The first-order chi connectivity index (χ1) is 11.2. The maximum absolute atomic E-state index is 6.00. The van der Waals surface area contributed by atoms with Gasteiger partial charge in [0.05, 0.1) is 19.8 Å². The average Bonchev–Trinajstić information content (AvgIpc) is 3.36. The van der Waals surface area contributed by atoms with Crippen LogP contribution in [0.2, 0.25) is 0 Å². The van der Waals surface area contributed by atoms with Crippen molar-refractivity contribution < 1.29 is 9.47 Å². The summed E-state index contributed by atoms with van der Waals surface area (Å²) in [6.07, 6.45) is 2.60. The Hall–Kier alpha value is -1.75. The Bertz CT molecular complexity index is 513. The number of benzene rings is 1. The van der Waals surface area contributed by atoms with Gasteiger partial charge in [-0.05, 0) is 44.2 Å². The number of guanidine groups is 1. The van der Waals surface area contributed by atoms with Gasteiger partial charge in [0.2, 0.25) is 0 Å². The fourth-order valence-electron chi connectivity index (χ4n) is 2.20. The van der Waals surface area contributed by atoms with E-state index in [0.717, 1.165) is 42.9 Å². The molecule has 0 unspecified atom stereocenters. The predicted octanol–water partition coefficient (Wildman–Crippen LogP) is 2.49. The molecule has 128 valence electrons. The van der Waals surface area contributed by atoms with Crippen LogP contribution in [-0.4, -0.2) is 39.4 Å². The van der Waals surface area contributed by atoms with Gasteiger partial charge in [-0.25, -0.2) is 4.99 Å². The summed E-state index contributed by atoms with van der Waals surface area (Å²) in [5.74, 6) is 2.52. The van der Waals surface area contributed by atoms with Crippen LogP contribution in [0, 0.1) is 12.8 Å². The lowest BCUT2D eigenvalue weighted by Gasteiger charge is -2.13. The summed E-state index contributed by atoms with van der Waals surface area (Å²) in [5.41, 5.74) is 2.34. The third kappa shape index (κ3) is 6.48. The topological polar surface area (TPSA) is 54.9 Å². The van der Waals surface area contributed by atoms with E-state index in [4.69, 9.17) is 9.47 Å². The summed E-state index contributed by atoms with van der Waals surface area (Å²) in [4.78, 5) is 4.65. The largest absolute Gasteiger partial charge is 0.493 e. The molecule has 0 bridgehead atoms. The highest BCUT2D eigenvalue weighted by atomic mass is 16.5. The van der Waals surface area contributed by atoms with Gasteiger partial charge in [-0.3, -0.25) is 0 Å². The number of methoxy groups -OCH3 is 1.